The van der Waals surface area contributed by atoms with Crippen LogP contribution in [0, 0.1) is 6.42 Å². The van der Waals surface area contributed by atoms with Crippen LogP contribution >= 0.6 is 0 Å². The molecule has 2 nitrogen and oxygen atoms in total. The van der Waals surface area contributed by atoms with Crippen LogP contribution in [0.1, 0.15) is 6.42 Å². The van der Waals surface area contributed by atoms with Gasteiger partial charge in [-0.15, -0.1) is 0 Å². The molecule has 0 saturated carbocycles. The molecule has 1 aromatic rings. The summed E-state index contributed by atoms with van der Waals surface area (Å²) in [4.78, 5) is 9.91. The summed E-state index contributed by atoms with van der Waals surface area (Å²) in [6.07, 6.45) is 3.00. The largest absolute Gasteiger partial charge is 0.494 e. The standard InChI is InChI=1S/C10H11O2/c11-8-4-5-9-12-10-6-2-1-3-7-10/h1-4,6-8H,5,9H2. The van der Waals surface area contributed by atoms with E-state index in [2.05, 4.69) is 0 Å². The Hall–Kier alpha value is -1.31. The van der Waals surface area contributed by atoms with Crippen LogP contribution in [0.15, 0.2) is 30.3 Å². The lowest BCUT2D eigenvalue weighted by atomic mass is 10.3. The number of unbranched alkanes of at least 4 members (excludes halogenated alkanes) is 1. The zero-order valence-corrected chi connectivity index (χ0v) is 6.77. The van der Waals surface area contributed by atoms with E-state index in [0.717, 1.165) is 12.0 Å². The van der Waals surface area contributed by atoms with Gasteiger partial charge in [0.25, 0.3) is 0 Å². The summed E-state index contributed by atoms with van der Waals surface area (Å²) in [5, 5.41) is 0. The van der Waals surface area contributed by atoms with Crippen LogP contribution in [-0.4, -0.2) is 12.9 Å². The lowest BCUT2D eigenvalue weighted by Crippen LogP contribution is -1.97. The summed E-state index contributed by atoms with van der Waals surface area (Å²) < 4.78 is 5.32. The van der Waals surface area contributed by atoms with Crippen LogP contribution in [0.25, 0.3) is 0 Å². The molecule has 0 aromatic heterocycles. The first-order chi connectivity index (χ1) is 5.93. The van der Waals surface area contributed by atoms with Gasteiger partial charge in [0, 0.05) is 6.42 Å². The van der Waals surface area contributed by atoms with Gasteiger partial charge in [-0.25, -0.2) is 0 Å². The molecule has 1 rings (SSSR count). The molecule has 2 heteroatoms. The number of rotatable bonds is 5. The molecule has 0 aliphatic heterocycles. The summed E-state index contributed by atoms with van der Waals surface area (Å²) in [7, 11) is 0. The molecule has 0 bridgehead atoms. The van der Waals surface area contributed by atoms with Gasteiger partial charge in [-0.05, 0) is 18.6 Å². The first kappa shape index (κ1) is 8.78. The number of aldehydes is 1. The molecule has 1 radical (unpaired) electrons. The predicted molar refractivity (Wildman–Crippen MR) is 46.9 cm³/mol. The van der Waals surface area contributed by atoms with Crippen molar-refractivity contribution >= 4 is 6.29 Å². The molecular formula is C10H11O2. The van der Waals surface area contributed by atoms with Crippen LogP contribution in [0.4, 0.5) is 0 Å². The number of hydrogen-bond acceptors (Lipinski definition) is 2. The first-order valence-corrected chi connectivity index (χ1v) is 3.88. The van der Waals surface area contributed by atoms with Gasteiger partial charge < -0.3 is 9.53 Å². The van der Waals surface area contributed by atoms with Gasteiger partial charge in [0.2, 0.25) is 0 Å². The molecule has 0 fully saturated rings. The van der Waals surface area contributed by atoms with E-state index in [0.29, 0.717) is 13.0 Å². The Morgan fingerprint density at radius 2 is 2.00 bits per heavy atom. The number of carbonyl (C=O) groups is 1. The Labute approximate surface area is 72.2 Å². The second-order valence-corrected chi connectivity index (χ2v) is 2.32. The minimum absolute atomic E-state index is 0.558. The van der Waals surface area contributed by atoms with E-state index in [4.69, 9.17) is 4.74 Å². The Morgan fingerprint density at radius 1 is 1.25 bits per heavy atom. The molecule has 0 heterocycles. The predicted octanol–water partition coefficient (Wildman–Crippen LogP) is 1.86. The molecule has 0 saturated heterocycles. The summed E-state index contributed by atoms with van der Waals surface area (Å²) >= 11 is 0. The van der Waals surface area contributed by atoms with Crippen molar-refractivity contribution in [3.8, 4) is 5.75 Å². The van der Waals surface area contributed by atoms with Gasteiger partial charge in [0.15, 0.2) is 0 Å². The van der Waals surface area contributed by atoms with E-state index in [1.54, 1.807) is 6.42 Å². The SMILES string of the molecule is O=C[CH]CCOc1ccccc1. The van der Waals surface area contributed by atoms with Crippen molar-refractivity contribution in [2.24, 2.45) is 0 Å². The van der Waals surface area contributed by atoms with E-state index in [9.17, 15) is 4.79 Å². The van der Waals surface area contributed by atoms with E-state index < -0.39 is 0 Å². The molecular weight excluding hydrogens is 152 g/mol. The van der Waals surface area contributed by atoms with Gasteiger partial charge in [0.1, 0.15) is 12.0 Å². The maximum atomic E-state index is 9.91. The van der Waals surface area contributed by atoms with E-state index >= 15 is 0 Å². The number of benzene rings is 1. The monoisotopic (exact) mass is 163 g/mol. The molecule has 0 aliphatic carbocycles. The second kappa shape index (κ2) is 5.35. The number of para-hydroxylation sites is 1. The smallest absolute Gasteiger partial charge is 0.123 e. The molecule has 63 valence electrons. The molecule has 12 heavy (non-hydrogen) atoms. The molecule has 1 aromatic carbocycles. The normalized spacial score (nSPS) is 9.33. The van der Waals surface area contributed by atoms with Crippen LogP contribution in [-0.2, 0) is 4.79 Å². The molecule has 0 aliphatic rings. The summed E-state index contributed by atoms with van der Waals surface area (Å²) in [5.41, 5.74) is 0. The maximum Gasteiger partial charge on any atom is 0.123 e. The Kier molecular flexibility index (Phi) is 3.92. The fraction of sp³-hybridized carbons (Fsp3) is 0.200. The van der Waals surface area contributed by atoms with Crippen molar-refractivity contribution in [2.75, 3.05) is 6.61 Å². The number of carbonyl (C=O) groups excluding carboxylic acids is 1. The highest BCUT2D eigenvalue weighted by Gasteiger charge is 1.90. The van der Waals surface area contributed by atoms with Gasteiger partial charge in [-0.1, -0.05) is 18.2 Å². The second-order valence-electron chi connectivity index (χ2n) is 2.32. The summed E-state index contributed by atoms with van der Waals surface area (Å²) in [6, 6.07) is 9.55. The van der Waals surface area contributed by atoms with Crippen molar-refractivity contribution in [2.45, 2.75) is 6.42 Å². The topological polar surface area (TPSA) is 26.3 Å². The maximum absolute atomic E-state index is 9.91. The highest BCUT2D eigenvalue weighted by molar-refractivity contribution is 5.60. The van der Waals surface area contributed by atoms with E-state index in [1.807, 2.05) is 30.3 Å². The number of hydrogen-bond donors (Lipinski definition) is 0. The van der Waals surface area contributed by atoms with Crippen molar-refractivity contribution in [3.05, 3.63) is 36.8 Å². The van der Waals surface area contributed by atoms with Crippen molar-refractivity contribution < 1.29 is 9.53 Å². The third-order valence-corrected chi connectivity index (χ3v) is 1.39. The van der Waals surface area contributed by atoms with Crippen molar-refractivity contribution in [1.82, 2.24) is 0 Å². The zero-order valence-electron chi connectivity index (χ0n) is 6.77. The minimum atomic E-state index is 0.558. The zero-order chi connectivity index (χ0) is 8.65. The molecule has 0 unspecified atom stereocenters. The highest BCUT2D eigenvalue weighted by atomic mass is 16.5. The summed E-state index contributed by atoms with van der Waals surface area (Å²) in [5.74, 6) is 0.844. The molecule has 0 spiro atoms. The lowest BCUT2D eigenvalue weighted by molar-refractivity contribution is -0.105. The van der Waals surface area contributed by atoms with Crippen molar-refractivity contribution in [1.29, 1.82) is 0 Å². The highest BCUT2D eigenvalue weighted by Crippen LogP contribution is 2.08. The van der Waals surface area contributed by atoms with Crippen LogP contribution in [0.2, 0.25) is 0 Å². The first-order valence-electron chi connectivity index (χ1n) is 3.88. The van der Waals surface area contributed by atoms with Crippen LogP contribution < -0.4 is 4.74 Å². The fourth-order valence-corrected chi connectivity index (χ4v) is 0.830. The molecule has 0 amide bonds. The average molecular weight is 163 g/mol. The van der Waals surface area contributed by atoms with E-state index in [1.165, 1.54) is 0 Å². The van der Waals surface area contributed by atoms with Crippen LogP contribution in [0.5, 0.6) is 5.75 Å². The van der Waals surface area contributed by atoms with Crippen molar-refractivity contribution in [3.63, 3.8) is 0 Å². The molecule has 0 N–H and O–H groups in total. The quantitative estimate of drug-likeness (QED) is 0.489. The minimum Gasteiger partial charge on any atom is -0.494 e. The Bertz CT molecular complexity index is 219. The number of ether oxygens (including phenoxy) is 1. The third kappa shape index (κ3) is 3.19. The third-order valence-electron chi connectivity index (χ3n) is 1.39. The average Bonchev–Trinajstić information content (AvgIpc) is 2.14. The fourth-order valence-electron chi connectivity index (χ4n) is 0.830. The van der Waals surface area contributed by atoms with Gasteiger partial charge >= 0.3 is 0 Å². The molecule has 0 atom stereocenters. The summed E-state index contributed by atoms with van der Waals surface area (Å²) in [6.45, 7) is 0.558. The van der Waals surface area contributed by atoms with Gasteiger partial charge in [-0.2, -0.15) is 0 Å². The van der Waals surface area contributed by atoms with Crippen LogP contribution in [0.3, 0.4) is 0 Å². The van der Waals surface area contributed by atoms with E-state index in [-0.39, 0.29) is 0 Å². The van der Waals surface area contributed by atoms with Gasteiger partial charge in [0.05, 0.1) is 6.61 Å². The Morgan fingerprint density at radius 3 is 2.67 bits per heavy atom. The van der Waals surface area contributed by atoms with Gasteiger partial charge in [-0.3, -0.25) is 0 Å². The lowest BCUT2D eigenvalue weighted by Gasteiger charge is -2.02. The Balaban J connectivity index is 2.20.